The number of ether oxygens (including phenoxy) is 1. The van der Waals surface area contributed by atoms with Crippen LogP contribution in [0.4, 0.5) is 11.8 Å². The lowest BCUT2D eigenvalue weighted by atomic mass is 10.2. The van der Waals surface area contributed by atoms with Gasteiger partial charge in [0.15, 0.2) is 11.5 Å². The molecule has 0 bridgehead atoms. The predicted molar refractivity (Wildman–Crippen MR) is 68.8 cm³/mol. The molecule has 20 heavy (non-hydrogen) atoms. The summed E-state index contributed by atoms with van der Waals surface area (Å²) in [7, 11) is 0. The van der Waals surface area contributed by atoms with Crippen LogP contribution in [0.25, 0.3) is 21.6 Å². The highest BCUT2D eigenvalue weighted by Gasteiger charge is 2.27. The van der Waals surface area contributed by atoms with E-state index >= 15 is 0 Å². The summed E-state index contributed by atoms with van der Waals surface area (Å²) in [6, 6.07) is 0. The highest BCUT2D eigenvalue weighted by molar-refractivity contribution is 5.82. The van der Waals surface area contributed by atoms with Gasteiger partial charge in [0.1, 0.15) is 11.7 Å². The molecule has 0 aliphatic carbocycles. The number of aliphatic hydroxyl groups excluding tert-OH is 1. The van der Waals surface area contributed by atoms with Crippen molar-refractivity contribution >= 4 is 22.9 Å². The third-order valence-electron chi connectivity index (χ3n) is 3.17. The number of nitrogen functional groups attached to an aromatic ring is 1. The Bertz CT molecular complexity index is 692. The minimum absolute atomic E-state index is 0.0236. The van der Waals surface area contributed by atoms with Crippen LogP contribution in [0.15, 0.2) is 11.4 Å². The molecule has 3 rings (SSSR count). The van der Waals surface area contributed by atoms with Gasteiger partial charge in [0.05, 0.1) is 19.0 Å². The number of hydrogen-bond acceptors (Lipinski definition) is 7. The molecule has 10 heteroatoms. The van der Waals surface area contributed by atoms with E-state index in [9.17, 15) is 0 Å². The second-order valence-electron chi connectivity index (χ2n) is 4.40. The maximum Gasteiger partial charge on any atom is 0.220 e. The number of nitrogens with two attached hydrogens (primary N) is 1. The molecule has 3 N–H and O–H groups in total. The first-order chi connectivity index (χ1) is 9.72. The van der Waals surface area contributed by atoms with Gasteiger partial charge in [-0.25, -0.2) is 15.0 Å². The third kappa shape index (κ3) is 2.01. The molecule has 1 saturated heterocycles. The Labute approximate surface area is 112 Å². The molecule has 1 fully saturated rings. The molecule has 1 aliphatic heterocycles. The van der Waals surface area contributed by atoms with Gasteiger partial charge in [0.2, 0.25) is 5.95 Å². The van der Waals surface area contributed by atoms with E-state index in [4.69, 9.17) is 21.1 Å². The molecular weight excluding hydrogens is 264 g/mol. The third-order valence-corrected chi connectivity index (χ3v) is 3.17. The van der Waals surface area contributed by atoms with Crippen molar-refractivity contribution in [2.75, 3.05) is 12.3 Å². The summed E-state index contributed by atoms with van der Waals surface area (Å²) in [5.74, 6) is 0.0869. The molecule has 2 atom stereocenters. The average molecular weight is 276 g/mol. The molecule has 0 aromatic carbocycles. The summed E-state index contributed by atoms with van der Waals surface area (Å²) < 4.78 is 7.38. The van der Waals surface area contributed by atoms with Gasteiger partial charge in [-0.2, -0.15) is 0 Å². The van der Waals surface area contributed by atoms with E-state index in [0.717, 1.165) is 12.8 Å². The molecule has 1 aliphatic rings. The van der Waals surface area contributed by atoms with E-state index < -0.39 is 0 Å². The van der Waals surface area contributed by atoms with Crippen LogP contribution in [0, 0.1) is 0 Å². The Morgan fingerprint density at radius 1 is 1.55 bits per heavy atom. The molecule has 0 radical (unpaired) electrons. The predicted octanol–water partition coefficient (Wildman–Crippen LogP) is 1.02. The quantitative estimate of drug-likeness (QED) is 0.485. The smallest absolute Gasteiger partial charge is 0.220 e. The van der Waals surface area contributed by atoms with Crippen molar-refractivity contribution in [1.29, 1.82) is 0 Å². The van der Waals surface area contributed by atoms with Crippen molar-refractivity contribution in [3.8, 4) is 0 Å². The largest absolute Gasteiger partial charge is 0.394 e. The molecule has 0 unspecified atom stereocenters. The minimum atomic E-state index is -0.273. The molecule has 0 saturated carbocycles. The SMILES string of the molecule is [N-]=[N+]=Nc1nc(N)c2ncn([C@H]3CC[C@@H](CO)O3)c2n1. The number of fused-ring (bicyclic) bond motifs is 1. The molecule has 2 aromatic heterocycles. The fraction of sp³-hybridized carbons (Fsp3) is 0.500. The fourth-order valence-corrected chi connectivity index (χ4v) is 2.25. The van der Waals surface area contributed by atoms with Crippen LogP contribution in [0.2, 0.25) is 0 Å². The second kappa shape index (κ2) is 4.93. The van der Waals surface area contributed by atoms with Crippen LogP contribution in [0.5, 0.6) is 0 Å². The number of anilines is 1. The number of aromatic nitrogens is 4. The lowest BCUT2D eigenvalue weighted by molar-refractivity contribution is -0.0207. The van der Waals surface area contributed by atoms with Crippen molar-refractivity contribution in [3.05, 3.63) is 16.8 Å². The van der Waals surface area contributed by atoms with Crippen molar-refractivity contribution < 1.29 is 9.84 Å². The minimum Gasteiger partial charge on any atom is -0.394 e. The van der Waals surface area contributed by atoms with E-state index in [2.05, 4.69) is 25.0 Å². The molecular formula is C10H12N8O2. The van der Waals surface area contributed by atoms with Gasteiger partial charge >= 0.3 is 0 Å². The molecule has 2 aromatic rings. The van der Waals surface area contributed by atoms with Gasteiger partial charge in [-0.3, -0.25) is 4.57 Å². The summed E-state index contributed by atoms with van der Waals surface area (Å²) in [4.78, 5) is 14.8. The summed E-state index contributed by atoms with van der Waals surface area (Å²) in [6.45, 7) is -0.0236. The zero-order valence-corrected chi connectivity index (χ0v) is 10.4. The number of imidazole rings is 1. The fourth-order valence-electron chi connectivity index (χ4n) is 2.25. The molecule has 10 nitrogen and oxygen atoms in total. The maximum atomic E-state index is 9.10. The van der Waals surface area contributed by atoms with Crippen LogP contribution in [0.1, 0.15) is 19.1 Å². The Morgan fingerprint density at radius 3 is 3.10 bits per heavy atom. The molecule has 0 spiro atoms. The van der Waals surface area contributed by atoms with E-state index in [1.807, 2.05) is 0 Å². The van der Waals surface area contributed by atoms with Gasteiger partial charge in [-0.15, -0.1) is 0 Å². The lowest BCUT2D eigenvalue weighted by Gasteiger charge is -2.13. The Hall–Kier alpha value is -2.42. The first kappa shape index (κ1) is 12.6. The Balaban J connectivity index is 2.06. The standard InChI is InChI=1S/C10H12N8O2/c11-8-7-9(15-10(14-8)16-17-12)18(4-13-7)6-2-1-5(3-19)20-6/h4-6,19H,1-3H2,(H2,11,14,15)/t5-,6+/m0/s1. The topological polar surface area (TPSA) is 148 Å². The van der Waals surface area contributed by atoms with Gasteiger partial charge < -0.3 is 15.6 Å². The number of nitrogens with zero attached hydrogens (tertiary/aromatic N) is 7. The van der Waals surface area contributed by atoms with Gasteiger partial charge in [-0.1, -0.05) is 0 Å². The van der Waals surface area contributed by atoms with Crippen LogP contribution in [0.3, 0.4) is 0 Å². The van der Waals surface area contributed by atoms with E-state index in [1.165, 1.54) is 0 Å². The van der Waals surface area contributed by atoms with E-state index in [0.29, 0.717) is 11.2 Å². The van der Waals surface area contributed by atoms with Crippen molar-refractivity contribution in [2.45, 2.75) is 25.2 Å². The first-order valence-electron chi connectivity index (χ1n) is 6.04. The zero-order valence-electron chi connectivity index (χ0n) is 10.4. The summed E-state index contributed by atoms with van der Waals surface area (Å²) >= 11 is 0. The molecule has 104 valence electrons. The number of rotatable bonds is 3. The molecule has 0 amide bonds. The maximum absolute atomic E-state index is 9.10. The number of hydrogen-bond donors (Lipinski definition) is 2. The normalized spacial score (nSPS) is 22.1. The van der Waals surface area contributed by atoms with E-state index in [-0.39, 0.29) is 30.7 Å². The number of azide groups is 1. The Kier molecular flexibility index (Phi) is 3.11. The van der Waals surface area contributed by atoms with Crippen molar-refractivity contribution in [1.82, 2.24) is 19.5 Å². The summed E-state index contributed by atoms with van der Waals surface area (Å²) in [6.07, 6.45) is 2.58. The second-order valence-corrected chi connectivity index (χ2v) is 4.40. The van der Waals surface area contributed by atoms with Crippen LogP contribution < -0.4 is 5.73 Å². The van der Waals surface area contributed by atoms with Crippen molar-refractivity contribution in [3.63, 3.8) is 0 Å². The number of aliphatic hydroxyl groups is 1. The lowest BCUT2D eigenvalue weighted by Crippen LogP contribution is -2.14. The van der Waals surface area contributed by atoms with Crippen LogP contribution in [-0.4, -0.2) is 37.3 Å². The van der Waals surface area contributed by atoms with E-state index in [1.54, 1.807) is 10.9 Å². The van der Waals surface area contributed by atoms with Crippen LogP contribution in [-0.2, 0) is 4.74 Å². The molecule has 3 heterocycles. The van der Waals surface area contributed by atoms with Crippen LogP contribution >= 0.6 is 0 Å². The monoisotopic (exact) mass is 276 g/mol. The van der Waals surface area contributed by atoms with Gasteiger partial charge in [0, 0.05) is 4.91 Å². The first-order valence-corrected chi connectivity index (χ1v) is 6.04. The zero-order chi connectivity index (χ0) is 14.1. The van der Waals surface area contributed by atoms with Gasteiger partial charge in [0.25, 0.3) is 0 Å². The van der Waals surface area contributed by atoms with Gasteiger partial charge in [-0.05, 0) is 23.5 Å². The highest BCUT2D eigenvalue weighted by Crippen LogP contribution is 2.31. The van der Waals surface area contributed by atoms with Crippen molar-refractivity contribution in [2.24, 2.45) is 5.11 Å². The summed E-state index contributed by atoms with van der Waals surface area (Å²) in [5.41, 5.74) is 15.1. The summed E-state index contributed by atoms with van der Waals surface area (Å²) in [5, 5.41) is 12.5. The highest BCUT2D eigenvalue weighted by atomic mass is 16.5. The Morgan fingerprint density at radius 2 is 2.40 bits per heavy atom. The average Bonchev–Trinajstić information content (AvgIpc) is 3.04.